The maximum atomic E-state index is 11.0. The van der Waals surface area contributed by atoms with Gasteiger partial charge in [0.2, 0.25) is 5.91 Å². The molecule has 0 atom stereocenters. The summed E-state index contributed by atoms with van der Waals surface area (Å²) in [5, 5.41) is 11.6. The number of aliphatic hydroxyl groups is 1. The van der Waals surface area contributed by atoms with E-state index in [2.05, 4.69) is 21.2 Å². The molecule has 1 aromatic rings. The van der Waals surface area contributed by atoms with Crippen molar-refractivity contribution in [3.63, 3.8) is 0 Å². The lowest BCUT2D eigenvalue weighted by Gasteiger charge is -2.11. The summed E-state index contributed by atoms with van der Waals surface area (Å²) in [6.07, 6.45) is 0.294. The number of hydrogen-bond donors (Lipinski definition) is 2. The minimum Gasteiger partial charge on any atom is -0.491 e. The molecule has 4 nitrogen and oxygen atoms in total. The Labute approximate surface area is 103 Å². The van der Waals surface area contributed by atoms with E-state index in [0.29, 0.717) is 17.7 Å². The fourth-order valence-electron chi connectivity index (χ4n) is 1.21. The van der Waals surface area contributed by atoms with Gasteiger partial charge in [-0.3, -0.25) is 4.79 Å². The Kier molecular flexibility index (Phi) is 5.28. The van der Waals surface area contributed by atoms with Crippen molar-refractivity contribution in [3.8, 4) is 5.75 Å². The number of amides is 1. The highest BCUT2D eigenvalue weighted by Gasteiger charge is 2.07. The van der Waals surface area contributed by atoms with Gasteiger partial charge in [-0.2, -0.15) is 0 Å². The molecule has 0 aliphatic rings. The first-order valence-electron chi connectivity index (χ1n) is 4.90. The highest BCUT2D eigenvalue weighted by atomic mass is 79.9. The van der Waals surface area contributed by atoms with Gasteiger partial charge in [0, 0.05) is 12.6 Å². The van der Waals surface area contributed by atoms with Gasteiger partial charge in [-0.15, -0.1) is 0 Å². The molecule has 0 aliphatic heterocycles. The predicted octanol–water partition coefficient (Wildman–Crippen LogP) is 1.46. The van der Waals surface area contributed by atoms with Crippen molar-refractivity contribution >= 4 is 21.8 Å². The highest BCUT2D eigenvalue weighted by molar-refractivity contribution is 9.10. The molecule has 0 saturated carbocycles. The number of halogens is 1. The maximum absolute atomic E-state index is 11.0. The van der Waals surface area contributed by atoms with Crippen LogP contribution in [-0.4, -0.2) is 24.7 Å². The zero-order chi connectivity index (χ0) is 12.0. The van der Waals surface area contributed by atoms with Crippen LogP contribution in [0.5, 0.6) is 5.75 Å². The average Bonchev–Trinajstić information content (AvgIpc) is 2.30. The first-order valence-corrected chi connectivity index (χ1v) is 5.70. The third kappa shape index (κ3) is 3.50. The molecule has 0 unspecified atom stereocenters. The Hall–Kier alpha value is -1.07. The lowest BCUT2D eigenvalue weighted by Crippen LogP contribution is -2.20. The summed E-state index contributed by atoms with van der Waals surface area (Å²) in [4.78, 5) is 11.0. The van der Waals surface area contributed by atoms with Crippen molar-refractivity contribution in [2.24, 2.45) is 0 Å². The van der Waals surface area contributed by atoms with E-state index >= 15 is 0 Å². The number of para-hydroxylation sites is 1. The Balaban J connectivity index is 2.62. The zero-order valence-electron chi connectivity index (χ0n) is 9.00. The van der Waals surface area contributed by atoms with Crippen LogP contribution in [-0.2, 0) is 11.4 Å². The van der Waals surface area contributed by atoms with Crippen molar-refractivity contribution < 1.29 is 14.6 Å². The van der Waals surface area contributed by atoms with Gasteiger partial charge in [0.05, 0.1) is 24.1 Å². The normalized spacial score (nSPS) is 9.94. The minimum atomic E-state index is -0.0885. The number of nitrogens with one attached hydrogen (secondary N) is 1. The summed E-state index contributed by atoms with van der Waals surface area (Å²) in [5.74, 6) is 0.520. The van der Waals surface area contributed by atoms with Gasteiger partial charge >= 0.3 is 0 Å². The van der Waals surface area contributed by atoms with Crippen LogP contribution in [0.3, 0.4) is 0 Å². The number of carbonyl (C=O) groups excluding carboxylic acids is 1. The number of rotatable bonds is 5. The summed E-state index contributed by atoms with van der Waals surface area (Å²) in [7, 11) is 1.58. The van der Waals surface area contributed by atoms with Crippen molar-refractivity contribution in [2.75, 3.05) is 13.7 Å². The van der Waals surface area contributed by atoms with Crippen molar-refractivity contribution in [1.29, 1.82) is 0 Å². The molecule has 0 aliphatic carbocycles. The number of ether oxygens (including phenoxy) is 1. The number of hydrogen-bond acceptors (Lipinski definition) is 3. The van der Waals surface area contributed by atoms with E-state index in [1.807, 2.05) is 12.1 Å². The van der Waals surface area contributed by atoms with Gasteiger partial charge < -0.3 is 15.2 Å². The van der Waals surface area contributed by atoms with Gasteiger partial charge in [0.15, 0.2) is 0 Å². The lowest BCUT2D eigenvalue weighted by molar-refractivity contribution is -0.121. The van der Waals surface area contributed by atoms with Crippen LogP contribution in [0.4, 0.5) is 0 Å². The first-order chi connectivity index (χ1) is 7.69. The smallest absolute Gasteiger partial charge is 0.223 e. The molecule has 1 amide bonds. The van der Waals surface area contributed by atoms with E-state index in [1.165, 1.54) is 0 Å². The predicted molar refractivity (Wildman–Crippen MR) is 64.2 cm³/mol. The molecular weight excluding hydrogens is 274 g/mol. The second kappa shape index (κ2) is 6.50. The maximum Gasteiger partial charge on any atom is 0.223 e. The third-order valence-electron chi connectivity index (χ3n) is 2.07. The Morgan fingerprint density at radius 1 is 1.56 bits per heavy atom. The minimum absolute atomic E-state index is 0.0717. The topological polar surface area (TPSA) is 58.6 Å². The molecular formula is C11H14BrNO3. The summed E-state index contributed by atoms with van der Waals surface area (Å²) in [5.41, 5.74) is 0.700. The second-order valence-corrected chi connectivity index (χ2v) is 4.01. The van der Waals surface area contributed by atoms with Gasteiger partial charge in [0.1, 0.15) is 5.75 Å². The molecule has 5 heteroatoms. The van der Waals surface area contributed by atoms with Crippen LogP contribution in [0.1, 0.15) is 12.0 Å². The molecule has 0 saturated heterocycles. The monoisotopic (exact) mass is 287 g/mol. The van der Waals surface area contributed by atoms with Crippen LogP contribution < -0.4 is 10.1 Å². The number of carbonyl (C=O) groups is 1. The molecule has 0 heterocycles. The Morgan fingerprint density at radius 2 is 2.31 bits per heavy atom. The summed E-state index contributed by atoms with van der Waals surface area (Å²) in [6.45, 7) is 0.198. The van der Waals surface area contributed by atoms with Crippen LogP contribution in [0.25, 0.3) is 0 Å². The zero-order valence-corrected chi connectivity index (χ0v) is 10.6. The quantitative estimate of drug-likeness (QED) is 0.862. The fraction of sp³-hybridized carbons (Fsp3) is 0.364. The Morgan fingerprint density at radius 3 is 2.94 bits per heavy atom. The van der Waals surface area contributed by atoms with Crippen LogP contribution in [0.15, 0.2) is 22.7 Å². The number of aliphatic hydroxyl groups excluding tert-OH is 1. The summed E-state index contributed by atoms with van der Waals surface area (Å²) in [6, 6.07) is 5.43. The molecule has 2 N–H and O–H groups in total. The SMILES string of the molecule is CNC(=O)CCOc1c(Br)cccc1CO. The Bertz CT molecular complexity index is 368. The molecule has 1 rings (SSSR count). The van der Waals surface area contributed by atoms with Crippen LogP contribution in [0, 0.1) is 0 Å². The van der Waals surface area contributed by atoms with Crippen molar-refractivity contribution in [3.05, 3.63) is 28.2 Å². The third-order valence-corrected chi connectivity index (χ3v) is 2.70. The van der Waals surface area contributed by atoms with Gasteiger partial charge in [-0.1, -0.05) is 12.1 Å². The van der Waals surface area contributed by atoms with Gasteiger partial charge in [-0.25, -0.2) is 0 Å². The average molecular weight is 288 g/mol. The van der Waals surface area contributed by atoms with E-state index in [1.54, 1.807) is 13.1 Å². The van der Waals surface area contributed by atoms with Gasteiger partial charge in [0.25, 0.3) is 0 Å². The van der Waals surface area contributed by atoms with E-state index in [4.69, 9.17) is 9.84 Å². The molecule has 16 heavy (non-hydrogen) atoms. The van der Waals surface area contributed by atoms with E-state index < -0.39 is 0 Å². The molecule has 0 spiro atoms. The summed E-state index contributed by atoms with van der Waals surface area (Å²) >= 11 is 3.34. The van der Waals surface area contributed by atoms with Crippen LogP contribution in [0.2, 0.25) is 0 Å². The highest BCUT2D eigenvalue weighted by Crippen LogP contribution is 2.29. The van der Waals surface area contributed by atoms with Crippen molar-refractivity contribution in [1.82, 2.24) is 5.32 Å². The molecule has 0 aromatic heterocycles. The fourth-order valence-corrected chi connectivity index (χ4v) is 1.73. The van der Waals surface area contributed by atoms with Crippen molar-refractivity contribution in [2.45, 2.75) is 13.0 Å². The molecule has 0 bridgehead atoms. The molecule has 1 aromatic carbocycles. The van der Waals surface area contributed by atoms with E-state index in [0.717, 1.165) is 4.47 Å². The van der Waals surface area contributed by atoms with E-state index in [9.17, 15) is 4.79 Å². The lowest BCUT2D eigenvalue weighted by atomic mass is 10.2. The first kappa shape index (κ1) is 13.0. The molecule has 0 fully saturated rings. The second-order valence-electron chi connectivity index (χ2n) is 3.16. The largest absolute Gasteiger partial charge is 0.491 e. The number of benzene rings is 1. The van der Waals surface area contributed by atoms with Crippen LogP contribution >= 0.6 is 15.9 Å². The summed E-state index contributed by atoms with van der Waals surface area (Å²) < 4.78 is 6.24. The standard InChI is InChI=1S/C11H14BrNO3/c1-13-10(15)5-6-16-11-8(7-14)3-2-4-9(11)12/h2-4,14H,5-7H2,1H3,(H,13,15). The molecule has 0 radical (unpaired) electrons. The van der Waals surface area contributed by atoms with Gasteiger partial charge in [-0.05, 0) is 22.0 Å². The molecule has 88 valence electrons. The van der Waals surface area contributed by atoms with E-state index in [-0.39, 0.29) is 19.1 Å².